The molecule has 0 radical (unpaired) electrons. The number of quaternary nitrogens is 1. The van der Waals surface area contributed by atoms with E-state index in [9.17, 15) is 0 Å². The van der Waals surface area contributed by atoms with Crippen LogP contribution in [0.4, 0.5) is 0 Å². The Hall–Kier alpha value is -1.70. The summed E-state index contributed by atoms with van der Waals surface area (Å²) in [6.07, 6.45) is 0. The van der Waals surface area contributed by atoms with Crippen LogP contribution in [0.3, 0.4) is 0 Å². The van der Waals surface area contributed by atoms with Gasteiger partial charge < -0.3 is 19.5 Å². The van der Waals surface area contributed by atoms with Gasteiger partial charge in [0, 0.05) is 7.11 Å². The van der Waals surface area contributed by atoms with Gasteiger partial charge in [0.25, 0.3) is 0 Å². The highest BCUT2D eigenvalue weighted by Gasteiger charge is 1.93. The first-order chi connectivity index (χ1) is 8.86. The lowest BCUT2D eigenvalue weighted by Gasteiger charge is -2.03. The van der Waals surface area contributed by atoms with Crippen molar-refractivity contribution < 1.29 is 19.5 Å². The molecule has 0 aliphatic heterocycles. The van der Waals surface area contributed by atoms with Crippen LogP contribution in [0.1, 0.15) is 0 Å². The number of nitrogens with two attached hydrogens (primary N) is 1. The highest BCUT2D eigenvalue weighted by molar-refractivity contribution is 5.31. The van der Waals surface area contributed by atoms with Crippen LogP contribution in [0.25, 0.3) is 0 Å². The molecule has 4 nitrogen and oxygen atoms in total. The van der Waals surface area contributed by atoms with Crippen molar-refractivity contribution in [3.8, 4) is 23.3 Å². The molecular weight excluding hydrogens is 230 g/mol. The molecule has 0 aromatic heterocycles. The summed E-state index contributed by atoms with van der Waals surface area (Å²) in [5.74, 6) is 7.61. The van der Waals surface area contributed by atoms with Gasteiger partial charge in [-0.2, -0.15) is 0 Å². The van der Waals surface area contributed by atoms with Crippen molar-refractivity contribution in [1.82, 2.24) is 0 Å². The second-order valence-corrected chi connectivity index (χ2v) is 3.59. The zero-order chi connectivity index (χ0) is 13.1. The van der Waals surface area contributed by atoms with Gasteiger partial charge in [-0.05, 0) is 30.2 Å². The van der Waals surface area contributed by atoms with E-state index in [1.54, 1.807) is 14.2 Å². The van der Waals surface area contributed by atoms with Gasteiger partial charge in [-0.1, -0.05) is 5.92 Å². The Labute approximate surface area is 108 Å². The Bertz CT molecular complexity index is 378. The molecular formula is C14H20NO3+. The molecule has 0 saturated heterocycles. The minimum atomic E-state index is 0.407. The fraction of sp³-hybridized carbons (Fsp3) is 0.429. The zero-order valence-corrected chi connectivity index (χ0v) is 10.9. The molecule has 1 aromatic carbocycles. The van der Waals surface area contributed by atoms with Crippen LogP contribution >= 0.6 is 0 Å². The molecule has 0 aliphatic carbocycles. The van der Waals surface area contributed by atoms with Gasteiger partial charge in [0.05, 0.1) is 20.3 Å². The summed E-state index contributed by atoms with van der Waals surface area (Å²) in [7, 11) is 3.34. The molecule has 0 amide bonds. The third-order valence-corrected chi connectivity index (χ3v) is 2.27. The SMILES string of the molecule is COCC[NH2+]CC#CCOc1ccc(OC)cc1. The Morgan fingerprint density at radius 3 is 2.44 bits per heavy atom. The van der Waals surface area contributed by atoms with Crippen molar-refractivity contribution in [2.75, 3.05) is 40.5 Å². The van der Waals surface area contributed by atoms with Gasteiger partial charge in [0.1, 0.15) is 24.7 Å². The molecule has 0 bridgehead atoms. The Morgan fingerprint density at radius 2 is 1.78 bits per heavy atom. The van der Waals surface area contributed by atoms with Crippen molar-refractivity contribution in [1.29, 1.82) is 0 Å². The first kappa shape index (κ1) is 14.4. The predicted octanol–water partition coefficient (Wildman–Crippen LogP) is 0.287. The summed E-state index contributed by atoms with van der Waals surface area (Å²) in [4.78, 5) is 0. The standard InChI is InChI=1S/C14H19NO3/c1-16-12-10-15-9-3-4-11-18-14-7-5-13(17-2)6-8-14/h5-8,15H,9-12H2,1-2H3/p+1. The van der Waals surface area contributed by atoms with Gasteiger partial charge in [0.2, 0.25) is 0 Å². The summed E-state index contributed by atoms with van der Waals surface area (Å²) >= 11 is 0. The lowest BCUT2D eigenvalue weighted by molar-refractivity contribution is -0.645. The molecule has 0 aliphatic rings. The van der Waals surface area contributed by atoms with Gasteiger partial charge >= 0.3 is 0 Å². The normalized spacial score (nSPS) is 9.44. The van der Waals surface area contributed by atoms with E-state index in [0.717, 1.165) is 31.2 Å². The molecule has 4 heteroatoms. The number of methoxy groups -OCH3 is 2. The van der Waals surface area contributed by atoms with Crippen LogP contribution < -0.4 is 14.8 Å². The second-order valence-electron chi connectivity index (χ2n) is 3.59. The molecule has 18 heavy (non-hydrogen) atoms. The van der Waals surface area contributed by atoms with Crippen molar-refractivity contribution in [2.45, 2.75) is 0 Å². The number of benzene rings is 1. The average molecular weight is 250 g/mol. The van der Waals surface area contributed by atoms with Gasteiger partial charge in [-0.15, -0.1) is 0 Å². The van der Waals surface area contributed by atoms with Gasteiger partial charge in [0.15, 0.2) is 0 Å². The molecule has 1 rings (SSSR count). The van der Waals surface area contributed by atoms with Gasteiger partial charge in [-0.25, -0.2) is 0 Å². The predicted molar refractivity (Wildman–Crippen MR) is 69.8 cm³/mol. The van der Waals surface area contributed by atoms with E-state index >= 15 is 0 Å². The molecule has 0 saturated carbocycles. The molecule has 98 valence electrons. The minimum Gasteiger partial charge on any atom is -0.497 e. The van der Waals surface area contributed by atoms with E-state index in [-0.39, 0.29) is 0 Å². The quantitative estimate of drug-likeness (QED) is 0.559. The smallest absolute Gasteiger partial charge is 0.149 e. The van der Waals surface area contributed by atoms with E-state index in [0.29, 0.717) is 6.61 Å². The molecule has 0 spiro atoms. The molecule has 1 aromatic rings. The maximum atomic E-state index is 5.47. The Balaban J connectivity index is 2.14. The van der Waals surface area contributed by atoms with E-state index in [1.165, 1.54) is 0 Å². The first-order valence-electron chi connectivity index (χ1n) is 5.90. The number of hydrogen-bond donors (Lipinski definition) is 1. The summed E-state index contributed by atoms with van der Waals surface area (Å²) in [6, 6.07) is 7.46. The van der Waals surface area contributed by atoms with Crippen LogP contribution in [0.15, 0.2) is 24.3 Å². The monoisotopic (exact) mass is 250 g/mol. The van der Waals surface area contributed by atoms with E-state index in [2.05, 4.69) is 17.2 Å². The Morgan fingerprint density at radius 1 is 1.06 bits per heavy atom. The van der Waals surface area contributed by atoms with Crippen LogP contribution in [0, 0.1) is 11.8 Å². The fourth-order valence-electron chi connectivity index (χ4n) is 1.29. The molecule has 0 unspecified atom stereocenters. The molecule has 2 N–H and O–H groups in total. The number of ether oxygens (including phenoxy) is 3. The third kappa shape index (κ3) is 6.14. The fourth-order valence-corrected chi connectivity index (χ4v) is 1.29. The molecule has 0 fully saturated rings. The number of rotatable bonds is 7. The highest BCUT2D eigenvalue weighted by atomic mass is 16.5. The van der Waals surface area contributed by atoms with Crippen LogP contribution in [-0.4, -0.2) is 40.5 Å². The highest BCUT2D eigenvalue weighted by Crippen LogP contribution is 2.16. The van der Waals surface area contributed by atoms with Crippen molar-refractivity contribution in [2.24, 2.45) is 0 Å². The van der Waals surface area contributed by atoms with Gasteiger partial charge in [-0.3, -0.25) is 0 Å². The van der Waals surface area contributed by atoms with E-state index in [4.69, 9.17) is 14.2 Å². The lowest BCUT2D eigenvalue weighted by Crippen LogP contribution is -2.85. The largest absolute Gasteiger partial charge is 0.497 e. The minimum absolute atomic E-state index is 0.407. The maximum Gasteiger partial charge on any atom is 0.149 e. The summed E-state index contributed by atoms with van der Waals surface area (Å²) in [5.41, 5.74) is 0. The van der Waals surface area contributed by atoms with Crippen LogP contribution in [0.2, 0.25) is 0 Å². The van der Waals surface area contributed by atoms with E-state index < -0.39 is 0 Å². The van der Waals surface area contributed by atoms with Crippen molar-refractivity contribution in [3.05, 3.63) is 24.3 Å². The summed E-state index contributed by atoms with van der Waals surface area (Å²) < 4.78 is 15.5. The topological polar surface area (TPSA) is 44.3 Å². The first-order valence-corrected chi connectivity index (χ1v) is 5.90. The average Bonchev–Trinajstić information content (AvgIpc) is 2.42. The van der Waals surface area contributed by atoms with Crippen LogP contribution in [0.5, 0.6) is 11.5 Å². The Kier molecular flexibility index (Phi) is 7.45. The zero-order valence-electron chi connectivity index (χ0n) is 10.9. The van der Waals surface area contributed by atoms with E-state index in [1.807, 2.05) is 24.3 Å². The molecule has 0 heterocycles. The summed E-state index contributed by atoms with van der Waals surface area (Å²) in [6.45, 7) is 2.87. The van der Waals surface area contributed by atoms with Crippen molar-refractivity contribution in [3.63, 3.8) is 0 Å². The maximum absolute atomic E-state index is 5.47. The number of hydrogen-bond acceptors (Lipinski definition) is 3. The third-order valence-electron chi connectivity index (χ3n) is 2.27. The van der Waals surface area contributed by atoms with Crippen molar-refractivity contribution >= 4 is 0 Å². The summed E-state index contributed by atoms with van der Waals surface area (Å²) in [5, 5.41) is 2.10. The lowest BCUT2D eigenvalue weighted by atomic mass is 10.3. The molecule has 0 atom stereocenters. The van der Waals surface area contributed by atoms with Crippen LogP contribution in [-0.2, 0) is 4.74 Å². The second kappa shape index (κ2) is 9.34.